The number of carbonyl (C=O) groups excluding carboxylic acids is 4. The maximum absolute atomic E-state index is 13.7. The number of ketones is 2. The number of carbonyl (C=O) groups is 4. The summed E-state index contributed by atoms with van der Waals surface area (Å²) in [4.78, 5) is 55.5. The molecular formula is C35H48N2O5. The zero-order chi connectivity index (χ0) is 29.9. The predicted molar refractivity (Wildman–Crippen MR) is 164 cm³/mol. The van der Waals surface area contributed by atoms with Crippen LogP contribution < -0.4 is 10.1 Å². The number of aryl methyl sites for hydroxylation is 1. The Labute approximate surface area is 251 Å². The maximum Gasteiger partial charge on any atom is 0.224 e. The van der Waals surface area contributed by atoms with Crippen LogP contribution in [0, 0.1) is 17.8 Å². The van der Waals surface area contributed by atoms with E-state index in [4.69, 9.17) is 4.74 Å². The highest BCUT2D eigenvalue weighted by atomic mass is 16.5. The maximum atomic E-state index is 13.7. The van der Waals surface area contributed by atoms with Gasteiger partial charge in [0.05, 0.1) is 12.0 Å². The van der Waals surface area contributed by atoms with E-state index in [9.17, 15) is 19.2 Å². The molecule has 7 nitrogen and oxygen atoms in total. The van der Waals surface area contributed by atoms with Crippen LogP contribution >= 0.6 is 0 Å². The smallest absolute Gasteiger partial charge is 0.224 e. The number of nitrogens with zero attached hydrogens (tertiary/aromatic N) is 1. The lowest BCUT2D eigenvalue weighted by Gasteiger charge is -2.27. The third kappa shape index (κ3) is 9.40. The summed E-state index contributed by atoms with van der Waals surface area (Å²) >= 11 is 0. The van der Waals surface area contributed by atoms with Crippen molar-refractivity contribution >= 4 is 23.4 Å². The minimum Gasteiger partial charge on any atom is -0.490 e. The van der Waals surface area contributed by atoms with Gasteiger partial charge in [0.1, 0.15) is 18.1 Å². The molecule has 1 aromatic rings. The summed E-state index contributed by atoms with van der Waals surface area (Å²) < 4.78 is 5.61. The van der Waals surface area contributed by atoms with E-state index in [0.29, 0.717) is 50.0 Å². The average molecular weight is 577 g/mol. The molecule has 3 fully saturated rings. The zero-order valence-electron chi connectivity index (χ0n) is 25.1. The van der Waals surface area contributed by atoms with Crippen LogP contribution in [0.3, 0.4) is 0 Å². The Morgan fingerprint density at radius 2 is 1.79 bits per heavy atom. The molecule has 228 valence electrons. The Hall–Kier alpha value is -3.22. The Bertz CT molecular complexity index is 1120. The van der Waals surface area contributed by atoms with E-state index < -0.39 is 12.0 Å². The third-order valence-corrected chi connectivity index (χ3v) is 9.08. The number of amides is 2. The van der Waals surface area contributed by atoms with Crippen LogP contribution in [-0.4, -0.2) is 53.5 Å². The Kier molecular flexibility index (Phi) is 12.0. The molecule has 4 rings (SSSR count). The van der Waals surface area contributed by atoms with E-state index in [-0.39, 0.29) is 48.7 Å². The van der Waals surface area contributed by atoms with Crippen LogP contribution in [-0.2, 0) is 25.6 Å². The van der Waals surface area contributed by atoms with E-state index in [1.165, 1.54) is 0 Å². The highest BCUT2D eigenvalue weighted by Crippen LogP contribution is 2.40. The molecule has 1 unspecified atom stereocenters. The summed E-state index contributed by atoms with van der Waals surface area (Å²) in [5.41, 5.74) is 0.967. The minimum absolute atomic E-state index is 0.0106. The highest BCUT2D eigenvalue weighted by molar-refractivity contribution is 5.94. The number of rotatable bonds is 18. The van der Waals surface area contributed by atoms with Gasteiger partial charge in [-0.15, -0.1) is 6.58 Å². The zero-order valence-corrected chi connectivity index (χ0v) is 25.1. The van der Waals surface area contributed by atoms with Crippen LogP contribution in [0.4, 0.5) is 0 Å². The van der Waals surface area contributed by atoms with Crippen molar-refractivity contribution in [1.82, 2.24) is 10.2 Å². The Balaban J connectivity index is 1.41. The summed E-state index contributed by atoms with van der Waals surface area (Å²) in [5.74, 6) is 0.356. The van der Waals surface area contributed by atoms with Crippen LogP contribution in [0.1, 0.15) is 89.0 Å². The van der Waals surface area contributed by atoms with Crippen molar-refractivity contribution < 1.29 is 23.9 Å². The first-order valence-corrected chi connectivity index (χ1v) is 16.0. The van der Waals surface area contributed by atoms with Gasteiger partial charge in [0.15, 0.2) is 5.78 Å². The first-order chi connectivity index (χ1) is 20.4. The van der Waals surface area contributed by atoms with Crippen molar-refractivity contribution in [2.75, 3.05) is 13.2 Å². The van der Waals surface area contributed by atoms with Crippen molar-refractivity contribution in [3.63, 3.8) is 0 Å². The van der Waals surface area contributed by atoms with Crippen molar-refractivity contribution in [3.8, 4) is 5.75 Å². The Morgan fingerprint density at radius 3 is 2.50 bits per heavy atom. The SMILES string of the molecule is C=CCOc1cccc(CCC(=O)C[C@@H](CC(=O)N2CCCC2C2CC2)C(=O)N[C@@H](CC=C)C(=O)CC2CCCC2)c1. The molecule has 1 aromatic carbocycles. The summed E-state index contributed by atoms with van der Waals surface area (Å²) in [6, 6.07) is 7.19. The van der Waals surface area contributed by atoms with Gasteiger partial charge in [-0.25, -0.2) is 0 Å². The predicted octanol–water partition coefficient (Wildman–Crippen LogP) is 5.76. The van der Waals surface area contributed by atoms with Gasteiger partial charge in [0.25, 0.3) is 0 Å². The normalized spacial score (nSPS) is 20.1. The average Bonchev–Trinajstić information content (AvgIpc) is 3.46. The minimum atomic E-state index is -0.806. The van der Waals surface area contributed by atoms with Crippen molar-refractivity contribution in [3.05, 3.63) is 55.1 Å². The summed E-state index contributed by atoms with van der Waals surface area (Å²) in [7, 11) is 0. The fourth-order valence-corrected chi connectivity index (χ4v) is 6.63. The van der Waals surface area contributed by atoms with Crippen LogP contribution in [0.25, 0.3) is 0 Å². The van der Waals surface area contributed by atoms with Gasteiger partial charge in [0.2, 0.25) is 11.8 Å². The van der Waals surface area contributed by atoms with Crippen LogP contribution in [0.2, 0.25) is 0 Å². The quantitative estimate of drug-likeness (QED) is 0.224. The molecule has 1 N–H and O–H groups in total. The molecule has 3 atom stereocenters. The lowest BCUT2D eigenvalue weighted by atomic mass is 9.92. The Morgan fingerprint density at radius 1 is 1.00 bits per heavy atom. The first-order valence-electron chi connectivity index (χ1n) is 16.0. The van der Waals surface area contributed by atoms with E-state index in [1.54, 1.807) is 12.2 Å². The molecule has 7 heteroatoms. The molecule has 42 heavy (non-hydrogen) atoms. The molecule has 1 heterocycles. The fraction of sp³-hybridized carbons (Fsp3) is 0.600. The van der Waals surface area contributed by atoms with E-state index in [0.717, 1.165) is 56.9 Å². The topological polar surface area (TPSA) is 92.8 Å². The number of hydrogen-bond acceptors (Lipinski definition) is 5. The molecular weight excluding hydrogens is 528 g/mol. The number of Topliss-reactive ketones (excluding diaryl/α,β-unsaturated/α-hetero) is 2. The van der Waals surface area contributed by atoms with Crippen molar-refractivity contribution in [2.45, 2.75) is 102 Å². The monoisotopic (exact) mass is 576 g/mol. The second-order valence-electron chi connectivity index (χ2n) is 12.4. The largest absolute Gasteiger partial charge is 0.490 e. The lowest BCUT2D eigenvalue weighted by Crippen LogP contribution is -2.46. The first kappa shape index (κ1) is 31.7. The molecule has 2 amide bonds. The lowest BCUT2D eigenvalue weighted by molar-refractivity contribution is -0.139. The molecule has 0 radical (unpaired) electrons. The number of ether oxygens (including phenoxy) is 1. The second-order valence-corrected chi connectivity index (χ2v) is 12.4. The number of likely N-dealkylation sites (tertiary alicyclic amines) is 1. The molecule has 0 spiro atoms. The molecule has 1 aliphatic heterocycles. The van der Waals surface area contributed by atoms with Gasteiger partial charge in [-0.3, -0.25) is 19.2 Å². The molecule has 3 aliphatic rings. The number of nitrogens with one attached hydrogen (secondary N) is 1. The molecule has 0 aromatic heterocycles. The van der Waals surface area contributed by atoms with Gasteiger partial charge in [-0.05, 0) is 68.1 Å². The number of hydrogen-bond donors (Lipinski definition) is 1. The van der Waals surface area contributed by atoms with Crippen molar-refractivity contribution in [1.29, 1.82) is 0 Å². The van der Waals surface area contributed by atoms with Gasteiger partial charge in [0, 0.05) is 38.3 Å². The van der Waals surface area contributed by atoms with Gasteiger partial charge in [-0.1, -0.05) is 56.5 Å². The standard InChI is InChI=1S/C35H48N2O5/c1-3-9-31(33(39)22-25-10-5-6-11-25)36-35(41)28(24-34(40)37-19-8-14-32(37)27-16-17-27)23-29(38)18-15-26-12-7-13-30(21-26)42-20-4-2/h3-4,7,12-13,21,25,27-28,31-32H,1-2,5-6,8-11,14-20,22-24H2,(H,36,41)/t28-,31-,32?/m0/s1. The fourth-order valence-electron chi connectivity index (χ4n) is 6.63. The van der Waals surface area contributed by atoms with Crippen molar-refractivity contribution in [2.24, 2.45) is 17.8 Å². The third-order valence-electron chi connectivity index (χ3n) is 9.08. The highest BCUT2D eigenvalue weighted by Gasteiger charge is 2.41. The van der Waals surface area contributed by atoms with Crippen LogP contribution in [0.5, 0.6) is 5.75 Å². The van der Waals surface area contributed by atoms with E-state index in [2.05, 4.69) is 18.5 Å². The molecule has 1 saturated heterocycles. The van der Waals surface area contributed by atoms with E-state index >= 15 is 0 Å². The van der Waals surface area contributed by atoms with Gasteiger partial charge < -0.3 is 15.0 Å². The molecule has 2 aliphatic carbocycles. The second kappa shape index (κ2) is 15.9. The van der Waals surface area contributed by atoms with Gasteiger partial charge >= 0.3 is 0 Å². The summed E-state index contributed by atoms with van der Waals surface area (Å²) in [6.07, 6.45) is 13.6. The summed E-state index contributed by atoms with van der Waals surface area (Å²) in [6.45, 7) is 8.58. The molecule has 0 bridgehead atoms. The molecule has 2 saturated carbocycles. The van der Waals surface area contributed by atoms with E-state index in [1.807, 2.05) is 29.2 Å². The number of benzene rings is 1. The van der Waals surface area contributed by atoms with Gasteiger partial charge in [-0.2, -0.15) is 0 Å². The summed E-state index contributed by atoms with van der Waals surface area (Å²) in [5, 5.41) is 2.93. The van der Waals surface area contributed by atoms with Crippen LogP contribution in [0.15, 0.2) is 49.6 Å².